The van der Waals surface area contributed by atoms with Crippen LogP contribution in [0.4, 0.5) is 0 Å². The summed E-state index contributed by atoms with van der Waals surface area (Å²) in [6, 6.07) is 7.32. The van der Waals surface area contributed by atoms with Crippen LogP contribution in [0.3, 0.4) is 0 Å². The van der Waals surface area contributed by atoms with E-state index < -0.39 is 0 Å². The van der Waals surface area contributed by atoms with Crippen molar-refractivity contribution in [2.24, 2.45) is 0 Å². The number of ether oxygens (including phenoxy) is 1. The molecule has 1 atom stereocenters. The molecule has 0 spiro atoms. The van der Waals surface area contributed by atoms with E-state index in [9.17, 15) is 4.79 Å². The minimum Gasteiger partial charge on any atom is -0.481 e. The molecular weight excluding hydrogens is 164 g/mol. The van der Waals surface area contributed by atoms with Gasteiger partial charge in [0.15, 0.2) is 6.10 Å². The van der Waals surface area contributed by atoms with Crippen LogP contribution in [-0.4, -0.2) is 11.9 Å². The first-order valence-corrected chi connectivity index (χ1v) is 4.23. The Morgan fingerprint density at radius 2 is 2.23 bits per heavy atom. The second kappa shape index (κ2) is 3.05. The Kier molecular flexibility index (Phi) is 1.89. The number of rotatable bonds is 2. The van der Waals surface area contributed by atoms with Crippen molar-refractivity contribution < 1.29 is 9.53 Å². The zero-order valence-electron chi connectivity index (χ0n) is 7.19. The molecule has 2 nitrogen and oxygen atoms in total. The predicted octanol–water partition coefficient (Wildman–Crippen LogP) is 2.21. The molecule has 1 aliphatic heterocycles. The molecule has 0 saturated carbocycles. The van der Waals surface area contributed by atoms with Crippen molar-refractivity contribution in [2.45, 2.75) is 12.5 Å². The number of Topliss-reactive ketones (excluding diaryl/α,β-unsaturated/α-hetero) is 1. The third-order valence-corrected chi connectivity index (χ3v) is 2.09. The van der Waals surface area contributed by atoms with Gasteiger partial charge in [0.05, 0.1) is 5.56 Å². The molecule has 1 aliphatic rings. The Bertz CT molecular complexity index is 355. The summed E-state index contributed by atoms with van der Waals surface area (Å²) in [5.41, 5.74) is 0.689. The summed E-state index contributed by atoms with van der Waals surface area (Å²) in [4.78, 5) is 11.6. The third kappa shape index (κ3) is 1.24. The van der Waals surface area contributed by atoms with Gasteiger partial charge in [-0.1, -0.05) is 18.2 Å². The normalized spacial score (nSPS) is 19.4. The highest BCUT2D eigenvalue weighted by molar-refractivity contribution is 6.04. The Morgan fingerprint density at radius 1 is 1.46 bits per heavy atom. The number of hydrogen-bond donors (Lipinski definition) is 0. The fraction of sp³-hybridized carbons (Fsp3) is 0.182. The van der Waals surface area contributed by atoms with Crippen molar-refractivity contribution in [3.63, 3.8) is 0 Å². The molecule has 66 valence electrons. The van der Waals surface area contributed by atoms with E-state index in [4.69, 9.17) is 4.74 Å². The van der Waals surface area contributed by atoms with E-state index in [2.05, 4.69) is 6.58 Å². The van der Waals surface area contributed by atoms with E-state index in [0.29, 0.717) is 17.7 Å². The van der Waals surface area contributed by atoms with E-state index in [1.165, 1.54) is 0 Å². The zero-order chi connectivity index (χ0) is 9.26. The highest BCUT2D eigenvalue weighted by atomic mass is 16.5. The van der Waals surface area contributed by atoms with Gasteiger partial charge < -0.3 is 4.74 Å². The lowest BCUT2D eigenvalue weighted by Gasteiger charge is -2.04. The first kappa shape index (κ1) is 8.05. The summed E-state index contributed by atoms with van der Waals surface area (Å²) in [5.74, 6) is 0.759. The largest absolute Gasteiger partial charge is 0.481 e. The first-order valence-electron chi connectivity index (χ1n) is 4.23. The van der Waals surface area contributed by atoms with E-state index in [1.54, 1.807) is 12.1 Å². The Balaban J connectivity index is 2.32. The maximum Gasteiger partial charge on any atom is 0.207 e. The van der Waals surface area contributed by atoms with Gasteiger partial charge in [-0.25, -0.2) is 0 Å². The smallest absolute Gasteiger partial charge is 0.207 e. The highest BCUT2D eigenvalue weighted by Crippen LogP contribution is 2.29. The summed E-state index contributed by atoms with van der Waals surface area (Å²) in [5, 5.41) is 0. The van der Waals surface area contributed by atoms with Gasteiger partial charge in [0, 0.05) is 6.42 Å². The fourth-order valence-corrected chi connectivity index (χ4v) is 1.46. The molecule has 0 amide bonds. The number of fused-ring (bicyclic) bond motifs is 1. The first-order chi connectivity index (χ1) is 6.33. The molecule has 1 aromatic carbocycles. The average molecular weight is 174 g/mol. The van der Waals surface area contributed by atoms with Crippen molar-refractivity contribution in [1.82, 2.24) is 0 Å². The minimum atomic E-state index is -0.352. The topological polar surface area (TPSA) is 26.3 Å². The lowest BCUT2D eigenvalue weighted by molar-refractivity contribution is 0.0861. The summed E-state index contributed by atoms with van der Waals surface area (Å²) in [7, 11) is 0. The van der Waals surface area contributed by atoms with E-state index in [-0.39, 0.29) is 11.9 Å². The maximum atomic E-state index is 11.6. The minimum absolute atomic E-state index is 0.0653. The van der Waals surface area contributed by atoms with Gasteiger partial charge in [0.1, 0.15) is 5.75 Å². The fourth-order valence-electron chi connectivity index (χ4n) is 1.46. The van der Waals surface area contributed by atoms with Crippen LogP contribution >= 0.6 is 0 Å². The molecule has 0 N–H and O–H groups in total. The molecule has 13 heavy (non-hydrogen) atoms. The molecular formula is C11H10O2. The number of carbonyl (C=O) groups is 1. The quantitative estimate of drug-likeness (QED) is 0.642. The van der Waals surface area contributed by atoms with Crippen LogP contribution in [0.15, 0.2) is 36.9 Å². The van der Waals surface area contributed by atoms with Crippen LogP contribution < -0.4 is 4.74 Å². The van der Waals surface area contributed by atoms with Gasteiger partial charge >= 0.3 is 0 Å². The van der Waals surface area contributed by atoms with E-state index in [0.717, 1.165) is 0 Å². The summed E-state index contributed by atoms with van der Waals surface area (Å²) >= 11 is 0. The van der Waals surface area contributed by atoms with Crippen LogP contribution in [0, 0.1) is 0 Å². The van der Waals surface area contributed by atoms with Crippen LogP contribution in [0.5, 0.6) is 5.75 Å². The molecule has 2 heteroatoms. The van der Waals surface area contributed by atoms with Crippen molar-refractivity contribution in [3.05, 3.63) is 42.5 Å². The lowest BCUT2D eigenvalue weighted by atomic mass is 10.1. The molecule has 0 fully saturated rings. The second-order valence-corrected chi connectivity index (χ2v) is 2.99. The van der Waals surface area contributed by atoms with Gasteiger partial charge in [0.2, 0.25) is 5.78 Å². The van der Waals surface area contributed by atoms with Crippen LogP contribution in [-0.2, 0) is 0 Å². The van der Waals surface area contributed by atoms with Crippen LogP contribution in [0.2, 0.25) is 0 Å². The van der Waals surface area contributed by atoms with E-state index in [1.807, 2.05) is 18.2 Å². The number of hydrogen-bond acceptors (Lipinski definition) is 2. The molecule has 1 unspecified atom stereocenters. The molecule has 0 aromatic heterocycles. The summed E-state index contributed by atoms with van der Waals surface area (Å²) in [6.07, 6.45) is 1.93. The van der Waals surface area contributed by atoms with Crippen molar-refractivity contribution in [3.8, 4) is 5.75 Å². The Hall–Kier alpha value is -1.57. The highest BCUT2D eigenvalue weighted by Gasteiger charge is 2.30. The molecule has 0 bridgehead atoms. The number of para-hydroxylation sites is 1. The van der Waals surface area contributed by atoms with Gasteiger partial charge in [0.25, 0.3) is 0 Å². The summed E-state index contributed by atoms with van der Waals surface area (Å²) < 4.78 is 5.44. The number of carbonyl (C=O) groups excluding carboxylic acids is 1. The molecule has 0 radical (unpaired) electrons. The number of ketones is 1. The molecule has 1 aromatic rings. The Labute approximate surface area is 76.8 Å². The lowest BCUT2D eigenvalue weighted by Crippen LogP contribution is -2.18. The molecule has 0 aliphatic carbocycles. The molecule has 0 saturated heterocycles. The van der Waals surface area contributed by atoms with Gasteiger partial charge in [-0.05, 0) is 12.1 Å². The SMILES string of the molecule is C=CCC1Oc2ccccc2C1=O. The van der Waals surface area contributed by atoms with Gasteiger partial charge in [-0.2, -0.15) is 0 Å². The molecule has 2 rings (SSSR count). The monoisotopic (exact) mass is 174 g/mol. The van der Waals surface area contributed by atoms with Gasteiger partial charge in [-0.3, -0.25) is 4.79 Å². The van der Waals surface area contributed by atoms with Gasteiger partial charge in [-0.15, -0.1) is 6.58 Å². The summed E-state index contributed by atoms with van der Waals surface area (Å²) in [6.45, 7) is 3.59. The predicted molar refractivity (Wildman–Crippen MR) is 50.0 cm³/mol. The van der Waals surface area contributed by atoms with Crippen molar-refractivity contribution in [1.29, 1.82) is 0 Å². The Morgan fingerprint density at radius 3 is 2.92 bits per heavy atom. The van der Waals surface area contributed by atoms with Crippen LogP contribution in [0.1, 0.15) is 16.8 Å². The standard InChI is InChI=1S/C11H10O2/c1-2-5-10-11(12)8-6-3-4-7-9(8)13-10/h2-4,6-7,10H,1,5H2. The number of benzene rings is 1. The van der Waals surface area contributed by atoms with E-state index >= 15 is 0 Å². The second-order valence-electron chi connectivity index (χ2n) is 2.99. The van der Waals surface area contributed by atoms with Crippen molar-refractivity contribution in [2.75, 3.05) is 0 Å². The van der Waals surface area contributed by atoms with Crippen molar-refractivity contribution >= 4 is 5.78 Å². The third-order valence-electron chi connectivity index (χ3n) is 2.09. The maximum absolute atomic E-state index is 11.6. The molecule has 1 heterocycles. The average Bonchev–Trinajstić information content (AvgIpc) is 2.46. The van der Waals surface area contributed by atoms with Crippen LogP contribution in [0.25, 0.3) is 0 Å². The zero-order valence-corrected chi connectivity index (χ0v) is 7.19.